The summed E-state index contributed by atoms with van der Waals surface area (Å²) in [7, 11) is 5.07. The SMILES string of the molecule is C=C/C=C1/CN(C(=O)c2cc(N)c(OC)cc2-c2cc(C(=O)N(Cc3ccccc3OC)c3ccc(Cl)cc3)c(C)n2C)[C@H](CN2CCOCC2)C/C1=C/C. The molecule has 0 spiro atoms. The number of likely N-dealkylation sites (tertiary alicyclic amines) is 1. The number of amides is 2. The van der Waals surface area contributed by atoms with E-state index in [1.165, 1.54) is 5.57 Å². The molecule has 0 aliphatic carbocycles. The molecule has 2 aliphatic heterocycles. The first-order chi connectivity index (χ1) is 26.6. The van der Waals surface area contributed by atoms with Crippen LogP contribution in [-0.2, 0) is 18.3 Å². The van der Waals surface area contributed by atoms with Crippen molar-refractivity contribution in [1.29, 1.82) is 0 Å². The van der Waals surface area contributed by atoms with Crippen LogP contribution in [0.5, 0.6) is 11.5 Å². The Morgan fingerprint density at radius 2 is 1.71 bits per heavy atom. The number of halogens is 1. The molecule has 288 valence electrons. The number of para-hydroxylation sites is 1. The van der Waals surface area contributed by atoms with Gasteiger partial charge in [0.1, 0.15) is 11.5 Å². The van der Waals surface area contributed by atoms with Crippen molar-refractivity contribution in [2.45, 2.75) is 32.9 Å². The Hall–Kier alpha value is -5.29. The van der Waals surface area contributed by atoms with Gasteiger partial charge < -0.3 is 34.3 Å². The molecule has 2 aliphatic rings. The lowest BCUT2D eigenvalue weighted by Gasteiger charge is -2.42. The average Bonchev–Trinajstić information content (AvgIpc) is 3.50. The molecule has 1 atom stereocenters. The Kier molecular flexibility index (Phi) is 12.5. The minimum absolute atomic E-state index is 0.0925. The number of anilines is 2. The quantitative estimate of drug-likeness (QED) is 0.156. The molecular formula is C44H50ClN5O5. The van der Waals surface area contributed by atoms with Crippen LogP contribution in [0, 0.1) is 6.92 Å². The monoisotopic (exact) mass is 763 g/mol. The van der Waals surface area contributed by atoms with Gasteiger partial charge in [0.15, 0.2) is 0 Å². The van der Waals surface area contributed by atoms with Gasteiger partial charge in [-0.3, -0.25) is 14.5 Å². The average molecular weight is 764 g/mol. The van der Waals surface area contributed by atoms with Crippen molar-refractivity contribution in [1.82, 2.24) is 14.4 Å². The fourth-order valence-electron chi connectivity index (χ4n) is 7.54. The van der Waals surface area contributed by atoms with Gasteiger partial charge in [-0.25, -0.2) is 0 Å². The molecule has 1 aromatic heterocycles. The molecule has 0 unspecified atom stereocenters. The summed E-state index contributed by atoms with van der Waals surface area (Å²) in [5, 5.41) is 0.566. The highest BCUT2D eigenvalue weighted by atomic mass is 35.5. The van der Waals surface area contributed by atoms with Crippen LogP contribution in [0.2, 0.25) is 5.02 Å². The molecule has 0 radical (unpaired) electrons. The summed E-state index contributed by atoms with van der Waals surface area (Å²) >= 11 is 6.27. The third-order valence-electron chi connectivity index (χ3n) is 10.7. The highest BCUT2D eigenvalue weighted by molar-refractivity contribution is 6.30. The number of nitrogen functional groups attached to an aromatic ring is 1. The summed E-state index contributed by atoms with van der Waals surface area (Å²) in [5.74, 6) is 0.735. The lowest BCUT2D eigenvalue weighted by Crippen LogP contribution is -2.52. The van der Waals surface area contributed by atoms with Gasteiger partial charge in [0, 0.05) is 72.5 Å². The number of methoxy groups -OCH3 is 2. The maximum Gasteiger partial charge on any atom is 0.260 e. The van der Waals surface area contributed by atoms with Crippen LogP contribution in [0.4, 0.5) is 11.4 Å². The van der Waals surface area contributed by atoms with E-state index in [0.717, 1.165) is 29.9 Å². The van der Waals surface area contributed by atoms with Gasteiger partial charge >= 0.3 is 0 Å². The molecule has 2 fully saturated rings. The molecule has 3 heterocycles. The Balaban J connectivity index is 1.44. The van der Waals surface area contributed by atoms with Crippen molar-refractivity contribution in [2.24, 2.45) is 7.05 Å². The number of hydrogen-bond acceptors (Lipinski definition) is 7. The lowest BCUT2D eigenvalue weighted by molar-refractivity contribution is 0.0214. The lowest BCUT2D eigenvalue weighted by atomic mass is 9.89. The zero-order valence-electron chi connectivity index (χ0n) is 32.3. The Morgan fingerprint density at radius 3 is 2.38 bits per heavy atom. The fourth-order valence-corrected chi connectivity index (χ4v) is 7.66. The molecule has 55 heavy (non-hydrogen) atoms. The first-order valence-electron chi connectivity index (χ1n) is 18.5. The van der Waals surface area contributed by atoms with Crippen molar-refractivity contribution in [3.8, 4) is 22.8 Å². The van der Waals surface area contributed by atoms with E-state index in [1.807, 2.05) is 78.9 Å². The normalized spacial score (nSPS) is 17.7. The number of ether oxygens (including phenoxy) is 3. The van der Waals surface area contributed by atoms with Gasteiger partial charge in [0.05, 0.1) is 50.8 Å². The van der Waals surface area contributed by atoms with Crippen LogP contribution in [0.25, 0.3) is 11.3 Å². The van der Waals surface area contributed by atoms with E-state index < -0.39 is 0 Å². The van der Waals surface area contributed by atoms with Crippen molar-refractivity contribution >= 4 is 34.8 Å². The van der Waals surface area contributed by atoms with Gasteiger partial charge in [-0.05, 0) is 79.9 Å². The summed E-state index contributed by atoms with van der Waals surface area (Å²) in [4.78, 5) is 35.9. The molecule has 0 saturated carbocycles. The number of rotatable bonds is 11. The molecule has 2 amide bonds. The number of carbonyl (C=O) groups excluding carboxylic acids is 2. The van der Waals surface area contributed by atoms with Crippen LogP contribution >= 0.6 is 11.6 Å². The molecule has 10 nitrogen and oxygen atoms in total. The van der Waals surface area contributed by atoms with Crippen LogP contribution in [0.3, 0.4) is 0 Å². The highest BCUT2D eigenvalue weighted by Crippen LogP contribution is 2.38. The smallest absolute Gasteiger partial charge is 0.260 e. The molecule has 0 bridgehead atoms. The zero-order chi connectivity index (χ0) is 39.2. The fraction of sp³-hybridized carbons (Fsp3) is 0.318. The molecule has 3 aromatic carbocycles. The van der Waals surface area contributed by atoms with E-state index in [2.05, 4.69) is 17.6 Å². The summed E-state index contributed by atoms with van der Waals surface area (Å²) in [5.41, 5.74) is 13.6. The molecular weight excluding hydrogens is 714 g/mol. The first-order valence-corrected chi connectivity index (χ1v) is 18.9. The van der Waals surface area contributed by atoms with Gasteiger partial charge in [-0.2, -0.15) is 0 Å². The highest BCUT2D eigenvalue weighted by Gasteiger charge is 2.35. The number of piperidine rings is 1. The number of benzene rings is 3. The van der Waals surface area contributed by atoms with Crippen molar-refractivity contribution in [3.05, 3.63) is 130 Å². The third-order valence-corrected chi connectivity index (χ3v) is 10.9. The second-order valence-corrected chi connectivity index (χ2v) is 14.3. The number of aromatic nitrogens is 1. The Bertz CT molecular complexity index is 2120. The minimum Gasteiger partial charge on any atom is -0.496 e. The summed E-state index contributed by atoms with van der Waals surface area (Å²) in [6.07, 6.45) is 6.59. The second-order valence-electron chi connectivity index (χ2n) is 13.9. The van der Waals surface area contributed by atoms with E-state index in [0.29, 0.717) is 83.0 Å². The summed E-state index contributed by atoms with van der Waals surface area (Å²) in [6, 6.07) is 20.1. The zero-order valence-corrected chi connectivity index (χ0v) is 33.1. The maximum atomic E-state index is 15.1. The number of morpholine rings is 1. The number of nitrogens with two attached hydrogens (primary N) is 1. The van der Waals surface area contributed by atoms with Crippen molar-refractivity contribution in [2.75, 3.05) is 64.2 Å². The number of allylic oxidation sites excluding steroid dienone is 3. The summed E-state index contributed by atoms with van der Waals surface area (Å²) < 4.78 is 18.9. The van der Waals surface area contributed by atoms with Gasteiger partial charge in [0.25, 0.3) is 11.8 Å². The van der Waals surface area contributed by atoms with Crippen LogP contribution < -0.4 is 20.1 Å². The molecule has 2 saturated heterocycles. The molecule has 2 N–H and O–H groups in total. The van der Waals surface area contributed by atoms with Gasteiger partial charge in [-0.1, -0.05) is 54.6 Å². The summed E-state index contributed by atoms with van der Waals surface area (Å²) in [6.45, 7) is 12.2. The molecule has 4 aromatic rings. The maximum absolute atomic E-state index is 15.1. The predicted octanol–water partition coefficient (Wildman–Crippen LogP) is 7.71. The Morgan fingerprint density at radius 1 is 1.00 bits per heavy atom. The number of nitrogens with zero attached hydrogens (tertiary/aromatic N) is 4. The predicted molar refractivity (Wildman–Crippen MR) is 220 cm³/mol. The number of carbonyl (C=O) groups is 2. The van der Waals surface area contributed by atoms with Crippen molar-refractivity contribution < 1.29 is 23.8 Å². The standard InChI is InChI=1S/C44H50ClN5O5/c1-7-11-31-26-50(35(22-30(31)8-2)28-48-18-20-55-21-19-48)44(52)38-23-39(46)42(54-6)25-37(38)40-24-36(29(3)47(40)4)43(51)49(34-16-14-33(45)15-17-34)27-32-12-9-10-13-41(32)53-5/h7-17,23-25,35H,1,18-22,26-28,46H2,2-6H3/b30-8-,31-11-/t35-/m0/s1. The van der Waals surface area contributed by atoms with Gasteiger partial charge in [-0.15, -0.1) is 0 Å². The van der Waals surface area contributed by atoms with Crippen LogP contribution in [0.15, 0.2) is 103 Å². The first kappa shape index (κ1) is 39.4. The minimum atomic E-state index is -0.220. The van der Waals surface area contributed by atoms with Crippen LogP contribution in [0.1, 0.15) is 45.3 Å². The largest absolute Gasteiger partial charge is 0.496 e. The van der Waals surface area contributed by atoms with E-state index >= 15 is 4.79 Å². The van der Waals surface area contributed by atoms with Gasteiger partial charge in [0.2, 0.25) is 0 Å². The van der Waals surface area contributed by atoms with E-state index in [4.69, 9.17) is 31.5 Å². The topological polar surface area (TPSA) is 102 Å². The van der Waals surface area contributed by atoms with Crippen LogP contribution in [-0.4, -0.2) is 85.8 Å². The molecule has 6 rings (SSSR count). The number of hydrogen-bond donors (Lipinski definition) is 1. The van der Waals surface area contributed by atoms with E-state index in [1.54, 1.807) is 49.5 Å². The van der Waals surface area contributed by atoms with E-state index in [-0.39, 0.29) is 24.4 Å². The Labute approximate surface area is 329 Å². The third kappa shape index (κ3) is 8.37. The molecule has 11 heteroatoms. The van der Waals surface area contributed by atoms with Crippen molar-refractivity contribution in [3.63, 3.8) is 0 Å². The van der Waals surface area contributed by atoms with E-state index in [9.17, 15) is 4.79 Å². The second kappa shape index (κ2) is 17.5.